The third-order valence-corrected chi connectivity index (χ3v) is 3.93. The standard InChI is InChI=1S/C9H8INS/c1-5-3-4-7-8(6(5)2)12-9(10)11-7/h3-4H,1-2H3. The van der Waals surface area contributed by atoms with Crippen LogP contribution in [-0.2, 0) is 0 Å². The molecule has 2 aromatic rings. The zero-order valence-corrected chi connectivity index (χ0v) is 9.86. The maximum Gasteiger partial charge on any atom is 0.155 e. The number of benzene rings is 1. The Labute approximate surface area is 89.0 Å². The summed E-state index contributed by atoms with van der Waals surface area (Å²) in [4.78, 5) is 4.42. The lowest BCUT2D eigenvalue weighted by Crippen LogP contribution is -1.79. The number of halogens is 1. The van der Waals surface area contributed by atoms with Gasteiger partial charge in [0.05, 0.1) is 10.2 Å². The molecular formula is C9H8INS. The van der Waals surface area contributed by atoms with Gasteiger partial charge in [-0.15, -0.1) is 11.3 Å². The van der Waals surface area contributed by atoms with Gasteiger partial charge in [-0.3, -0.25) is 0 Å². The van der Waals surface area contributed by atoms with Gasteiger partial charge in [0.25, 0.3) is 0 Å². The Hall–Kier alpha value is -0.160. The molecule has 0 atom stereocenters. The van der Waals surface area contributed by atoms with Gasteiger partial charge in [0.1, 0.15) is 0 Å². The Morgan fingerprint density at radius 1 is 1.33 bits per heavy atom. The largest absolute Gasteiger partial charge is 0.230 e. The molecule has 0 aliphatic heterocycles. The maximum absolute atomic E-state index is 4.42. The summed E-state index contributed by atoms with van der Waals surface area (Å²) in [6.45, 7) is 4.30. The summed E-state index contributed by atoms with van der Waals surface area (Å²) < 4.78 is 2.45. The van der Waals surface area contributed by atoms with Crippen molar-refractivity contribution in [2.45, 2.75) is 13.8 Å². The topological polar surface area (TPSA) is 12.9 Å². The van der Waals surface area contributed by atoms with Gasteiger partial charge >= 0.3 is 0 Å². The molecule has 0 saturated carbocycles. The minimum atomic E-state index is 1.12. The normalized spacial score (nSPS) is 10.9. The molecule has 2 rings (SSSR count). The zero-order valence-electron chi connectivity index (χ0n) is 6.89. The van der Waals surface area contributed by atoms with Crippen LogP contribution in [0.1, 0.15) is 11.1 Å². The van der Waals surface area contributed by atoms with E-state index in [9.17, 15) is 0 Å². The molecule has 0 spiro atoms. The Morgan fingerprint density at radius 3 is 2.83 bits per heavy atom. The monoisotopic (exact) mass is 289 g/mol. The van der Waals surface area contributed by atoms with E-state index in [4.69, 9.17) is 0 Å². The molecule has 1 aromatic heterocycles. The molecule has 0 N–H and O–H groups in total. The van der Waals surface area contributed by atoms with E-state index >= 15 is 0 Å². The highest BCUT2D eigenvalue weighted by Crippen LogP contribution is 2.27. The van der Waals surface area contributed by atoms with E-state index < -0.39 is 0 Å². The summed E-state index contributed by atoms with van der Waals surface area (Å²) in [6.07, 6.45) is 0. The van der Waals surface area contributed by atoms with Crippen LogP contribution in [-0.4, -0.2) is 4.98 Å². The van der Waals surface area contributed by atoms with E-state index in [2.05, 4.69) is 53.6 Å². The third kappa shape index (κ3) is 1.25. The van der Waals surface area contributed by atoms with Crippen molar-refractivity contribution in [3.05, 3.63) is 26.3 Å². The second-order valence-electron chi connectivity index (χ2n) is 2.82. The van der Waals surface area contributed by atoms with Gasteiger partial charge in [-0.05, 0) is 53.6 Å². The summed E-state index contributed by atoms with van der Waals surface area (Å²) >= 11 is 4.04. The van der Waals surface area contributed by atoms with E-state index in [1.165, 1.54) is 15.8 Å². The predicted molar refractivity (Wildman–Crippen MR) is 61.8 cm³/mol. The lowest BCUT2D eigenvalue weighted by atomic mass is 10.1. The Kier molecular flexibility index (Phi) is 2.08. The van der Waals surface area contributed by atoms with Crippen molar-refractivity contribution >= 4 is 44.1 Å². The highest BCUT2D eigenvalue weighted by Gasteiger charge is 2.04. The summed E-state index contributed by atoms with van der Waals surface area (Å²) in [6, 6.07) is 4.23. The molecule has 0 aliphatic carbocycles. The molecular weight excluding hydrogens is 281 g/mol. The number of nitrogens with zero attached hydrogens (tertiary/aromatic N) is 1. The van der Waals surface area contributed by atoms with Crippen molar-refractivity contribution in [1.29, 1.82) is 0 Å². The first kappa shape index (κ1) is 8.44. The van der Waals surface area contributed by atoms with Crippen molar-refractivity contribution < 1.29 is 0 Å². The average molecular weight is 289 g/mol. The lowest BCUT2D eigenvalue weighted by molar-refractivity contribution is 1.37. The SMILES string of the molecule is Cc1ccc2nc(I)sc2c1C. The molecule has 1 heterocycles. The quantitative estimate of drug-likeness (QED) is 0.676. The van der Waals surface area contributed by atoms with Crippen LogP contribution in [0.4, 0.5) is 0 Å². The molecule has 0 aliphatic rings. The molecule has 62 valence electrons. The fourth-order valence-electron chi connectivity index (χ4n) is 1.19. The first-order chi connectivity index (χ1) is 5.68. The fraction of sp³-hybridized carbons (Fsp3) is 0.222. The second-order valence-corrected chi connectivity index (χ2v) is 5.58. The Balaban J connectivity index is 2.89. The van der Waals surface area contributed by atoms with E-state index in [1.54, 1.807) is 11.3 Å². The second kappa shape index (κ2) is 2.96. The number of aromatic nitrogens is 1. The third-order valence-electron chi connectivity index (χ3n) is 2.05. The summed E-state index contributed by atoms with van der Waals surface area (Å²) in [5.41, 5.74) is 3.85. The van der Waals surface area contributed by atoms with Gasteiger partial charge in [0, 0.05) is 0 Å². The van der Waals surface area contributed by atoms with Crippen LogP contribution in [0, 0.1) is 16.9 Å². The van der Waals surface area contributed by atoms with Gasteiger partial charge in [-0.1, -0.05) is 6.07 Å². The van der Waals surface area contributed by atoms with Crippen LogP contribution >= 0.6 is 33.9 Å². The van der Waals surface area contributed by atoms with Gasteiger partial charge in [-0.25, -0.2) is 4.98 Å². The van der Waals surface area contributed by atoms with Crippen LogP contribution in [0.15, 0.2) is 12.1 Å². The van der Waals surface area contributed by atoms with Crippen molar-refractivity contribution in [1.82, 2.24) is 4.98 Å². The molecule has 0 fully saturated rings. The summed E-state index contributed by atoms with van der Waals surface area (Å²) in [7, 11) is 0. The van der Waals surface area contributed by atoms with E-state index in [1.807, 2.05) is 0 Å². The average Bonchev–Trinajstić information content (AvgIpc) is 2.39. The maximum atomic E-state index is 4.42. The zero-order chi connectivity index (χ0) is 8.72. The molecule has 1 aromatic carbocycles. The van der Waals surface area contributed by atoms with E-state index in [0.29, 0.717) is 0 Å². The van der Waals surface area contributed by atoms with Crippen LogP contribution in [0.3, 0.4) is 0 Å². The predicted octanol–water partition coefficient (Wildman–Crippen LogP) is 3.52. The highest BCUT2D eigenvalue weighted by molar-refractivity contribution is 14.1. The van der Waals surface area contributed by atoms with E-state index in [0.717, 1.165) is 8.53 Å². The summed E-state index contributed by atoms with van der Waals surface area (Å²) in [5, 5.41) is 0. The van der Waals surface area contributed by atoms with Crippen LogP contribution < -0.4 is 0 Å². The van der Waals surface area contributed by atoms with Crippen LogP contribution in [0.5, 0.6) is 0 Å². The van der Waals surface area contributed by atoms with Crippen molar-refractivity contribution in [2.24, 2.45) is 0 Å². The first-order valence-corrected chi connectivity index (χ1v) is 5.60. The minimum absolute atomic E-state index is 1.12. The van der Waals surface area contributed by atoms with Gasteiger partial charge in [-0.2, -0.15) is 0 Å². The lowest BCUT2D eigenvalue weighted by Gasteiger charge is -1.97. The molecule has 0 bridgehead atoms. The molecule has 0 saturated heterocycles. The molecule has 1 nitrogen and oxygen atoms in total. The molecule has 12 heavy (non-hydrogen) atoms. The minimum Gasteiger partial charge on any atom is -0.230 e. The smallest absolute Gasteiger partial charge is 0.155 e. The number of hydrogen-bond donors (Lipinski definition) is 0. The Morgan fingerprint density at radius 2 is 2.08 bits per heavy atom. The number of thiazole rings is 1. The van der Waals surface area contributed by atoms with Gasteiger partial charge in [0.15, 0.2) is 3.01 Å². The van der Waals surface area contributed by atoms with Crippen LogP contribution in [0.2, 0.25) is 0 Å². The summed E-state index contributed by atoms with van der Waals surface area (Å²) in [5.74, 6) is 0. The fourth-order valence-corrected chi connectivity index (χ4v) is 2.96. The molecule has 0 unspecified atom stereocenters. The number of aryl methyl sites for hydroxylation is 2. The molecule has 0 amide bonds. The van der Waals surface area contributed by atoms with Gasteiger partial charge < -0.3 is 0 Å². The van der Waals surface area contributed by atoms with E-state index in [-0.39, 0.29) is 0 Å². The molecule has 0 radical (unpaired) electrons. The first-order valence-electron chi connectivity index (χ1n) is 3.71. The Bertz CT molecular complexity index is 433. The number of rotatable bonds is 0. The van der Waals surface area contributed by atoms with Crippen molar-refractivity contribution in [2.75, 3.05) is 0 Å². The number of fused-ring (bicyclic) bond motifs is 1. The highest BCUT2D eigenvalue weighted by atomic mass is 127. The van der Waals surface area contributed by atoms with Gasteiger partial charge in [0.2, 0.25) is 0 Å². The molecule has 3 heteroatoms. The van der Waals surface area contributed by atoms with Crippen molar-refractivity contribution in [3.63, 3.8) is 0 Å². The van der Waals surface area contributed by atoms with Crippen LogP contribution in [0.25, 0.3) is 10.2 Å². The number of hydrogen-bond acceptors (Lipinski definition) is 2. The van der Waals surface area contributed by atoms with Crippen molar-refractivity contribution in [3.8, 4) is 0 Å².